The van der Waals surface area contributed by atoms with Gasteiger partial charge in [-0.3, -0.25) is 4.79 Å². The molecule has 0 spiro atoms. The second kappa shape index (κ2) is 6.16. The molecule has 0 aliphatic rings. The van der Waals surface area contributed by atoms with Crippen molar-refractivity contribution in [3.8, 4) is 11.3 Å². The first-order valence-electron chi connectivity index (χ1n) is 5.52. The molecular formula is C13H13N3OS. The van der Waals surface area contributed by atoms with Crippen LogP contribution in [0.1, 0.15) is 0 Å². The highest BCUT2D eigenvalue weighted by molar-refractivity contribution is 7.99. The summed E-state index contributed by atoms with van der Waals surface area (Å²) in [6, 6.07) is 13.7. The van der Waals surface area contributed by atoms with Crippen molar-refractivity contribution in [1.82, 2.24) is 15.5 Å². The second-order valence-corrected chi connectivity index (χ2v) is 4.58. The molecule has 5 heteroatoms. The molecule has 1 aromatic heterocycles. The molecule has 0 saturated carbocycles. The van der Waals surface area contributed by atoms with Crippen molar-refractivity contribution in [2.24, 2.45) is 0 Å². The first-order chi connectivity index (χ1) is 8.79. The van der Waals surface area contributed by atoms with Crippen molar-refractivity contribution >= 4 is 17.7 Å². The van der Waals surface area contributed by atoms with Crippen LogP contribution in [-0.2, 0) is 4.79 Å². The molecule has 1 heterocycles. The van der Waals surface area contributed by atoms with Crippen LogP contribution in [0.3, 0.4) is 0 Å². The van der Waals surface area contributed by atoms with E-state index in [0.29, 0.717) is 5.75 Å². The quantitative estimate of drug-likeness (QED) is 0.853. The molecule has 0 aliphatic carbocycles. The van der Waals surface area contributed by atoms with Gasteiger partial charge in [-0.05, 0) is 12.1 Å². The molecule has 18 heavy (non-hydrogen) atoms. The van der Waals surface area contributed by atoms with E-state index in [1.807, 2.05) is 42.5 Å². The Balaban J connectivity index is 2.04. The van der Waals surface area contributed by atoms with Crippen LogP contribution in [-0.4, -0.2) is 28.9 Å². The van der Waals surface area contributed by atoms with Gasteiger partial charge in [-0.1, -0.05) is 42.1 Å². The number of benzene rings is 1. The van der Waals surface area contributed by atoms with Gasteiger partial charge in [0.25, 0.3) is 0 Å². The summed E-state index contributed by atoms with van der Waals surface area (Å²) in [5.41, 5.74) is 1.87. The van der Waals surface area contributed by atoms with Crippen molar-refractivity contribution < 1.29 is 4.79 Å². The van der Waals surface area contributed by atoms with Gasteiger partial charge in [0.15, 0.2) is 0 Å². The molecule has 0 saturated heterocycles. The average Bonchev–Trinajstić information content (AvgIpc) is 2.46. The number of hydrogen-bond donors (Lipinski definition) is 1. The lowest BCUT2D eigenvalue weighted by atomic mass is 10.1. The number of amides is 1. The van der Waals surface area contributed by atoms with Crippen LogP contribution in [0.2, 0.25) is 0 Å². The van der Waals surface area contributed by atoms with Gasteiger partial charge < -0.3 is 5.32 Å². The Kier molecular flexibility index (Phi) is 4.30. The van der Waals surface area contributed by atoms with E-state index in [1.165, 1.54) is 11.8 Å². The topological polar surface area (TPSA) is 54.9 Å². The van der Waals surface area contributed by atoms with E-state index < -0.39 is 0 Å². The standard InChI is InChI=1S/C13H13N3OS/c1-14-12(17)9-18-13-8-7-11(15-16-13)10-5-3-2-4-6-10/h2-8H,9H2,1H3,(H,14,17). The summed E-state index contributed by atoms with van der Waals surface area (Å²) in [6.45, 7) is 0. The van der Waals surface area contributed by atoms with Crippen LogP contribution in [0.5, 0.6) is 0 Å². The maximum Gasteiger partial charge on any atom is 0.230 e. The van der Waals surface area contributed by atoms with E-state index in [9.17, 15) is 4.79 Å². The van der Waals surface area contributed by atoms with E-state index in [0.717, 1.165) is 16.3 Å². The second-order valence-electron chi connectivity index (χ2n) is 3.58. The fraction of sp³-hybridized carbons (Fsp3) is 0.154. The molecular weight excluding hydrogens is 246 g/mol. The Labute approximate surface area is 110 Å². The summed E-state index contributed by atoms with van der Waals surface area (Å²) in [6.07, 6.45) is 0. The van der Waals surface area contributed by atoms with E-state index in [4.69, 9.17) is 0 Å². The highest BCUT2D eigenvalue weighted by atomic mass is 32.2. The minimum atomic E-state index is -0.0195. The van der Waals surface area contributed by atoms with E-state index in [-0.39, 0.29) is 5.91 Å². The molecule has 0 unspecified atom stereocenters. The Morgan fingerprint density at radius 1 is 1.17 bits per heavy atom. The van der Waals surface area contributed by atoms with Crippen LogP contribution in [0.4, 0.5) is 0 Å². The number of aromatic nitrogens is 2. The van der Waals surface area contributed by atoms with E-state index in [2.05, 4.69) is 15.5 Å². The van der Waals surface area contributed by atoms with Gasteiger partial charge in [-0.25, -0.2) is 0 Å². The monoisotopic (exact) mass is 259 g/mol. The Bertz CT molecular complexity index is 514. The number of nitrogens with zero attached hydrogens (tertiary/aromatic N) is 2. The number of hydrogen-bond acceptors (Lipinski definition) is 4. The van der Waals surface area contributed by atoms with Gasteiger partial charge in [0, 0.05) is 12.6 Å². The fourth-order valence-corrected chi connectivity index (χ4v) is 2.06. The Hall–Kier alpha value is -1.88. The van der Waals surface area contributed by atoms with E-state index in [1.54, 1.807) is 7.05 Å². The number of carbonyl (C=O) groups is 1. The summed E-state index contributed by atoms with van der Waals surface area (Å²) in [5, 5.41) is 11.6. The molecule has 0 fully saturated rings. The van der Waals surface area contributed by atoms with Gasteiger partial charge in [0.2, 0.25) is 5.91 Å². The normalized spacial score (nSPS) is 10.1. The zero-order valence-electron chi connectivity index (χ0n) is 9.96. The smallest absolute Gasteiger partial charge is 0.230 e. The van der Waals surface area contributed by atoms with E-state index >= 15 is 0 Å². The van der Waals surface area contributed by atoms with Crippen molar-refractivity contribution in [2.45, 2.75) is 5.03 Å². The number of carbonyl (C=O) groups excluding carboxylic acids is 1. The Morgan fingerprint density at radius 2 is 1.94 bits per heavy atom. The number of thioether (sulfide) groups is 1. The van der Waals surface area contributed by atoms with Crippen molar-refractivity contribution in [3.05, 3.63) is 42.5 Å². The summed E-state index contributed by atoms with van der Waals surface area (Å²) >= 11 is 1.37. The third-order valence-electron chi connectivity index (χ3n) is 2.34. The molecule has 2 rings (SSSR count). The number of rotatable bonds is 4. The summed E-state index contributed by atoms with van der Waals surface area (Å²) in [5.74, 6) is 0.338. The molecule has 0 radical (unpaired) electrons. The SMILES string of the molecule is CNC(=O)CSc1ccc(-c2ccccc2)nn1. The van der Waals surface area contributed by atoms with Gasteiger partial charge in [-0.2, -0.15) is 0 Å². The first-order valence-corrected chi connectivity index (χ1v) is 6.50. The maximum atomic E-state index is 11.1. The molecule has 1 amide bonds. The lowest BCUT2D eigenvalue weighted by molar-refractivity contribution is -0.118. The highest BCUT2D eigenvalue weighted by Gasteiger charge is 2.03. The largest absolute Gasteiger partial charge is 0.358 e. The lowest BCUT2D eigenvalue weighted by Gasteiger charge is -2.02. The zero-order valence-corrected chi connectivity index (χ0v) is 10.8. The maximum absolute atomic E-state index is 11.1. The number of nitrogens with one attached hydrogen (secondary N) is 1. The van der Waals surface area contributed by atoms with Gasteiger partial charge in [0.05, 0.1) is 11.4 Å². The van der Waals surface area contributed by atoms with Gasteiger partial charge in [-0.15, -0.1) is 10.2 Å². The predicted octanol–water partition coefficient (Wildman–Crippen LogP) is 1.98. The first kappa shape index (κ1) is 12.6. The summed E-state index contributed by atoms with van der Waals surface area (Å²) in [4.78, 5) is 11.1. The van der Waals surface area contributed by atoms with Crippen molar-refractivity contribution in [3.63, 3.8) is 0 Å². The average molecular weight is 259 g/mol. The van der Waals surface area contributed by atoms with Crippen molar-refractivity contribution in [2.75, 3.05) is 12.8 Å². The molecule has 1 N–H and O–H groups in total. The van der Waals surface area contributed by atoms with Crippen LogP contribution in [0.25, 0.3) is 11.3 Å². The van der Waals surface area contributed by atoms with Gasteiger partial charge in [0.1, 0.15) is 5.03 Å². The lowest BCUT2D eigenvalue weighted by Crippen LogP contribution is -2.19. The van der Waals surface area contributed by atoms with Crippen LogP contribution >= 0.6 is 11.8 Å². The molecule has 4 nitrogen and oxygen atoms in total. The van der Waals surface area contributed by atoms with Crippen molar-refractivity contribution in [1.29, 1.82) is 0 Å². The molecule has 0 aliphatic heterocycles. The highest BCUT2D eigenvalue weighted by Crippen LogP contribution is 2.19. The third kappa shape index (κ3) is 3.30. The molecule has 1 aromatic carbocycles. The van der Waals surface area contributed by atoms with Crippen LogP contribution < -0.4 is 5.32 Å². The fourth-order valence-electron chi connectivity index (χ4n) is 1.37. The van der Waals surface area contributed by atoms with Crippen LogP contribution in [0, 0.1) is 0 Å². The van der Waals surface area contributed by atoms with Crippen LogP contribution in [0.15, 0.2) is 47.5 Å². The summed E-state index contributed by atoms with van der Waals surface area (Å²) in [7, 11) is 1.62. The Morgan fingerprint density at radius 3 is 2.56 bits per heavy atom. The third-order valence-corrected chi connectivity index (χ3v) is 3.26. The molecule has 92 valence electrons. The summed E-state index contributed by atoms with van der Waals surface area (Å²) < 4.78 is 0. The zero-order chi connectivity index (χ0) is 12.8. The minimum absolute atomic E-state index is 0.0195. The molecule has 0 bridgehead atoms. The van der Waals surface area contributed by atoms with Gasteiger partial charge >= 0.3 is 0 Å². The minimum Gasteiger partial charge on any atom is -0.358 e. The molecule has 0 atom stereocenters. The molecule has 2 aromatic rings. The predicted molar refractivity (Wildman–Crippen MR) is 72.3 cm³/mol.